The lowest BCUT2D eigenvalue weighted by atomic mass is 10.1. The fourth-order valence-corrected chi connectivity index (χ4v) is 3.51. The largest absolute Gasteiger partial charge is 0.496 e. The summed E-state index contributed by atoms with van der Waals surface area (Å²) < 4.78 is 21.8. The molecule has 4 rings (SSSR count). The Morgan fingerprint density at radius 2 is 1.81 bits per heavy atom. The number of hydrogen-bond donors (Lipinski definition) is 2. The van der Waals surface area contributed by atoms with Crippen LogP contribution >= 0.6 is 0 Å². The van der Waals surface area contributed by atoms with Crippen molar-refractivity contribution in [1.29, 1.82) is 0 Å². The van der Waals surface area contributed by atoms with Crippen LogP contribution in [0.25, 0.3) is 22.4 Å². The van der Waals surface area contributed by atoms with Crippen molar-refractivity contribution in [3.8, 4) is 28.7 Å². The van der Waals surface area contributed by atoms with E-state index in [-0.39, 0.29) is 5.91 Å². The number of nitrogens with zero attached hydrogens (tertiary/aromatic N) is 1. The molecule has 0 spiro atoms. The molecule has 0 aliphatic carbocycles. The summed E-state index contributed by atoms with van der Waals surface area (Å²) in [6, 6.07) is 11.4. The van der Waals surface area contributed by atoms with Crippen molar-refractivity contribution in [3.05, 3.63) is 59.6 Å². The normalized spacial score (nSPS) is 10.9. The monoisotopic (exact) mass is 435 g/mol. The zero-order valence-electron chi connectivity index (χ0n) is 18.4. The molecule has 8 heteroatoms. The highest BCUT2D eigenvalue weighted by Gasteiger charge is 2.19. The highest BCUT2D eigenvalue weighted by Crippen LogP contribution is 2.41. The predicted molar refractivity (Wildman–Crippen MR) is 121 cm³/mol. The Labute approximate surface area is 185 Å². The van der Waals surface area contributed by atoms with Gasteiger partial charge in [0.05, 0.1) is 32.5 Å². The van der Waals surface area contributed by atoms with Gasteiger partial charge in [0.15, 0.2) is 11.5 Å². The Hall–Kier alpha value is -3.94. The average molecular weight is 435 g/mol. The number of carbonyl (C=O) groups excluding carboxylic acids is 1. The second-order valence-corrected chi connectivity index (χ2v) is 7.30. The summed E-state index contributed by atoms with van der Waals surface area (Å²) in [4.78, 5) is 20.3. The van der Waals surface area contributed by atoms with E-state index in [2.05, 4.69) is 15.3 Å². The summed E-state index contributed by atoms with van der Waals surface area (Å²) in [6.45, 7) is 2.44. The van der Waals surface area contributed by atoms with Gasteiger partial charge in [0.2, 0.25) is 5.89 Å². The number of oxazole rings is 1. The van der Waals surface area contributed by atoms with Crippen LogP contribution in [0.15, 0.2) is 47.1 Å². The van der Waals surface area contributed by atoms with Gasteiger partial charge in [0, 0.05) is 30.0 Å². The minimum absolute atomic E-state index is 0.244. The molecular weight excluding hydrogens is 410 g/mol. The smallest absolute Gasteiger partial charge is 0.267 e. The van der Waals surface area contributed by atoms with Gasteiger partial charge in [-0.1, -0.05) is 17.7 Å². The van der Waals surface area contributed by atoms with Gasteiger partial charge in [-0.25, -0.2) is 4.98 Å². The highest BCUT2D eigenvalue weighted by molar-refractivity contribution is 6.02. The quantitative estimate of drug-likeness (QED) is 0.432. The van der Waals surface area contributed by atoms with Crippen LogP contribution < -0.4 is 19.5 Å². The topological polar surface area (TPSA) is 98.6 Å². The number of nitrogens with one attached hydrogen (secondary N) is 2. The second kappa shape index (κ2) is 9.05. The Morgan fingerprint density at radius 1 is 1.06 bits per heavy atom. The molecule has 0 aliphatic rings. The summed E-state index contributed by atoms with van der Waals surface area (Å²) >= 11 is 0. The molecule has 4 aromatic rings. The third kappa shape index (κ3) is 4.12. The SMILES string of the molecule is COc1cc(OC)c2cc(C(=O)NCCc3coc(-c4ccc(C)cc4)n3)[nH]c2c1OC. The molecule has 0 fully saturated rings. The van der Waals surface area contributed by atoms with E-state index in [1.807, 2.05) is 31.2 Å². The summed E-state index contributed by atoms with van der Waals surface area (Å²) in [7, 11) is 4.66. The summed E-state index contributed by atoms with van der Waals surface area (Å²) in [5.41, 5.74) is 3.89. The number of carbonyl (C=O) groups is 1. The number of aromatic amines is 1. The predicted octanol–water partition coefficient (Wildman–Crippen LogP) is 4.13. The first-order valence-electron chi connectivity index (χ1n) is 10.2. The van der Waals surface area contributed by atoms with Crippen molar-refractivity contribution in [2.75, 3.05) is 27.9 Å². The van der Waals surface area contributed by atoms with Gasteiger partial charge >= 0.3 is 0 Å². The maximum absolute atomic E-state index is 12.7. The highest BCUT2D eigenvalue weighted by atomic mass is 16.5. The molecule has 0 bridgehead atoms. The molecule has 0 radical (unpaired) electrons. The Balaban J connectivity index is 1.45. The lowest BCUT2D eigenvalue weighted by Crippen LogP contribution is -2.26. The van der Waals surface area contributed by atoms with Crippen molar-refractivity contribution in [3.63, 3.8) is 0 Å². The Kier molecular flexibility index (Phi) is 6.02. The van der Waals surface area contributed by atoms with Gasteiger partial charge in [-0.2, -0.15) is 0 Å². The Bertz CT molecular complexity index is 1240. The molecule has 8 nitrogen and oxygen atoms in total. The number of methoxy groups -OCH3 is 3. The third-order valence-electron chi connectivity index (χ3n) is 5.20. The molecular formula is C24H25N3O5. The third-order valence-corrected chi connectivity index (χ3v) is 5.20. The fourth-order valence-electron chi connectivity index (χ4n) is 3.51. The minimum Gasteiger partial charge on any atom is -0.496 e. The van der Waals surface area contributed by atoms with E-state index in [1.54, 1.807) is 39.7 Å². The molecule has 166 valence electrons. The van der Waals surface area contributed by atoms with Gasteiger partial charge in [-0.15, -0.1) is 0 Å². The van der Waals surface area contributed by atoms with Crippen molar-refractivity contribution in [1.82, 2.24) is 15.3 Å². The number of aryl methyl sites for hydroxylation is 1. The van der Waals surface area contributed by atoms with Crippen LogP contribution in [-0.4, -0.2) is 43.7 Å². The fraction of sp³-hybridized carbons (Fsp3) is 0.250. The van der Waals surface area contributed by atoms with Gasteiger partial charge in [-0.3, -0.25) is 4.79 Å². The van der Waals surface area contributed by atoms with E-state index in [0.717, 1.165) is 16.6 Å². The Morgan fingerprint density at radius 3 is 2.50 bits per heavy atom. The zero-order chi connectivity index (χ0) is 22.7. The molecule has 2 aromatic heterocycles. The number of hydrogen-bond acceptors (Lipinski definition) is 6. The first-order chi connectivity index (χ1) is 15.5. The summed E-state index contributed by atoms with van der Waals surface area (Å²) in [5, 5.41) is 3.63. The number of ether oxygens (including phenoxy) is 3. The standard InChI is InChI=1S/C24H25N3O5/c1-14-5-7-15(8-6-14)24-26-16(13-32-24)9-10-25-23(28)18-11-17-19(29-2)12-20(30-3)22(31-4)21(17)27-18/h5-8,11-13,27H,9-10H2,1-4H3,(H,25,28). The number of benzene rings is 2. The van der Waals surface area contributed by atoms with Crippen molar-refractivity contribution in [2.24, 2.45) is 0 Å². The number of aromatic nitrogens is 2. The van der Waals surface area contributed by atoms with Crippen molar-refractivity contribution in [2.45, 2.75) is 13.3 Å². The van der Waals surface area contributed by atoms with E-state index in [4.69, 9.17) is 18.6 Å². The summed E-state index contributed by atoms with van der Waals surface area (Å²) in [5.74, 6) is 1.93. The molecule has 0 saturated carbocycles. The lowest BCUT2D eigenvalue weighted by molar-refractivity contribution is 0.0950. The molecule has 0 unspecified atom stereocenters. The molecule has 2 heterocycles. The molecule has 0 aliphatic heterocycles. The first kappa shape index (κ1) is 21.3. The van der Waals surface area contributed by atoms with Crippen LogP contribution in [0.1, 0.15) is 21.7 Å². The van der Waals surface area contributed by atoms with Crippen LogP contribution in [-0.2, 0) is 6.42 Å². The van der Waals surface area contributed by atoms with Gasteiger partial charge in [0.1, 0.15) is 17.7 Å². The van der Waals surface area contributed by atoms with E-state index >= 15 is 0 Å². The number of rotatable bonds is 8. The number of fused-ring (bicyclic) bond motifs is 1. The molecule has 32 heavy (non-hydrogen) atoms. The molecule has 2 N–H and O–H groups in total. The van der Waals surface area contributed by atoms with Crippen molar-refractivity contribution >= 4 is 16.8 Å². The lowest BCUT2D eigenvalue weighted by Gasteiger charge is -2.11. The minimum atomic E-state index is -0.244. The van der Waals surface area contributed by atoms with Gasteiger partial charge in [0.25, 0.3) is 5.91 Å². The van der Waals surface area contributed by atoms with Gasteiger partial charge < -0.3 is 28.9 Å². The van der Waals surface area contributed by atoms with Crippen molar-refractivity contribution < 1.29 is 23.4 Å². The second-order valence-electron chi connectivity index (χ2n) is 7.30. The molecule has 1 amide bonds. The maximum Gasteiger partial charge on any atom is 0.267 e. The number of amides is 1. The molecule has 0 atom stereocenters. The van der Waals surface area contributed by atoms with Crippen LogP contribution in [0, 0.1) is 6.92 Å². The maximum atomic E-state index is 12.7. The molecule has 2 aromatic carbocycles. The van der Waals surface area contributed by atoms with E-state index in [1.165, 1.54) is 5.56 Å². The zero-order valence-corrected chi connectivity index (χ0v) is 18.4. The van der Waals surface area contributed by atoms with E-state index in [9.17, 15) is 4.79 Å². The van der Waals surface area contributed by atoms with Gasteiger partial charge in [-0.05, 0) is 25.1 Å². The van der Waals surface area contributed by atoms with E-state index in [0.29, 0.717) is 47.3 Å². The number of H-pyrrole nitrogens is 1. The van der Waals surface area contributed by atoms with E-state index < -0.39 is 0 Å². The van der Waals surface area contributed by atoms with Crippen LogP contribution in [0.2, 0.25) is 0 Å². The van der Waals surface area contributed by atoms with Crippen LogP contribution in [0.4, 0.5) is 0 Å². The average Bonchev–Trinajstić information content (AvgIpc) is 3.46. The molecule has 0 saturated heterocycles. The first-order valence-corrected chi connectivity index (χ1v) is 10.2. The van der Waals surface area contributed by atoms with Crippen LogP contribution in [0.3, 0.4) is 0 Å². The van der Waals surface area contributed by atoms with Crippen LogP contribution in [0.5, 0.6) is 17.2 Å². The summed E-state index contributed by atoms with van der Waals surface area (Å²) in [6.07, 6.45) is 2.16.